The number of halogens is 1. The summed E-state index contributed by atoms with van der Waals surface area (Å²) in [4.78, 5) is 16.5. The highest BCUT2D eigenvalue weighted by molar-refractivity contribution is 14.0. The lowest BCUT2D eigenvalue weighted by Gasteiger charge is -2.21. The molecule has 0 aliphatic rings. The molecular weight excluding hydrogens is 491 g/mol. The maximum atomic E-state index is 12.6. The number of carbonyl (C=O) groups excluding carboxylic acids is 1. The van der Waals surface area contributed by atoms with E-state index in [1.807, 2.05) is 34.6 Å². The van der Waals surface area contributed by atoms with Crippen molar-refractivity contribution in [3.8, 4) is 0 Å². The normalized spacial score (nSPS) is 13.2. The van der Waals surface area contributed by atoms with Gasteiger partial charge in [0.1, 0.15) is 6.54 Å². The first kappa shape index (κ1) is 26.6. The van der Waals surface area contributed by atoms with Gasteiger partial charge in [0.15, 0.2) is 15.8 Å². The summed E-state index contributed by atoms with van der Waals surface area (Å²) in [7, 11) is -3.41. The third-order valence-corrected chi connectivity index (χ3v) is 5.43. The van der Waals surface area contributed by atoms with Gasteiger partial charge in [0.2, 0.25) is 5.91 Å². The minimum absolute atomic E-state index is 0. The molecule has 0 aromatic heterocycles. The summed E-state index contributed by atoms with van der Waals surface area (Å²) in [6.07, 6.45) is 0.602. The van der Waals surface area contributed by atoms with Crippen molar-refractivity contribution in [1.82, 2.24) is 16.0 Å². The summed E-state index contributed by atoms with van der Waals surface area (Å²) in [5.41, 5.74) is -0.325. The molecule has 0 saturated carbocycles. The third kappa shape index (κ3) is 10.3. The van der Waals surface area contributed by atoms with Crippen LogP contribution in [0.15, 0.2) is 40.2 Å². The number of benzene rings is 1. The lowest BCUT2D eigenvalue weighted by Crippen LogP contribution is -2.47. The molecule has 1 rings (SSSR count). The second-order valence-corrected chi connectivity index (χ2v) is 9.37. The summed E-state index contributed by atoms with van der Waals surface area (Å²) in [5, 5.41) is 9.03. The van der Waals surface area contributed by atoms with Crippen molar-refractivity contribution in [2.45, 2.75) is 57.5 Å². The van der Waals surface area contributed by atoms with Crippen LogP contribution >= 0.6 is 24.0 Å². The zero-order chi connectivity index (χ0) is 20.5. The molecule has 1 aromatic rings. The molecule has 9 heteroatoms. The van der Waals surface area contributed by atoms with Crippen LogP contribution in [0, 0.1) is 0 Å². The lowest BCUT2D eigenvalue weighted by molar-refractivity contribution is -0.121. The molecule has 0 fully saturated rings. The molecule has 0 aliphatic carbocycles. The number of guanidine groups is 1. The molecule has 160 valence electrons. The Balaban J connectivity index is 0.00000729. The molecule has 0 heterocycles. The number of carbonyl (C=O) groups is 1. The number of aliphatic imine (C=N–C) groups is 1. The molecule has 0 spiro atoms. The summed E-state index contributed by atoms with van der Waals surface area (Å²) in [6, 6.07) is 8.07. The van der Waals surface area contributed by atoms with Crippen LogP contribution in [0.25, 0.3) is 0 Å². The van der Waals surface area contributed by atoms with Gasteiger partial charge in [-0.2, -0.15) is 0 Å². The molecule has 1 amide bonds. The van der Waals surface area contributed by atoms with Crippen LogP contribution in [-0.4, -0.2) is 50.7 Å². The Kier molecular flexibility index (Phi) is 11.7. The Morgan fingerprint density at radius 2 is 1.75 bits per heavy atom. The van der Waals surface area contributed by atoms with E-state index in [0.717, 1.165) is 0 Å². The van der Waals surface area contributed by atoms with Gasteiger partial charge in [0.05, 0.1) is 10.6 Å². The van der Waals surface area contributed by atoms with Crippen LogP contribution in [0.5, 0.6) is 0 Å². The molecule has 1 unspecified atom stereocenters. The van der Waals surface area contributed by atoms with Gasteiger partial charge < -0.3 is 16.0 Å². The van der Waals surface area contributed by atoms with Crippen LogP contribution in [0.2, 0.25) is 0 Å². The van der Waals surface area contributed by atoms with Crippen LogP contribution in [0.3, 0.4) is 0 Å². The molecule has 1 aromatic carbocycles. The first-order valence-corrected chi connectivity index (χ1v) is 10.9. The second kappa shape index (κ2) is 12.3. The van der Waals surface area contributed by atoms with Gasteiger partial charge >= 0.3 is 0 Å². The van der Waals surface area contributed by atoms with Crippen molar-refractivity contribution < 1.29 is 13.2 Å². The highest BCUT2D eigenvalue weighted by atomic mass is 127. The molecule has 7 nitrogen and oxygen atoms in total. The molecule has 0 saturated heterocycles. The van der Waals surface area contributed by atoms with E-state index in [1.54, 1.807) is 30.3 Å². The van der Waals surface area contributed by atoms with Crippen molar-refractivity contribution in [2.24, 2.45) is 4.99 Å². The maximum absolute atomic E-state index is 12.6. The third-order valence-electron chi connectivity index (χ3n) is 3.60. The minimum atomic E-state index is -3.41. The summed E-state index contributed by atoms with van der Waals surface area (Å²) in [6.45, 7) is 10.1. The number of nitrogens with one attached hydrogen (secondary N) is 3. The smallest absolute Gasteiger partial charge is 0.242 e. The number of nitrogens with zero attached hydrogens (tertiary/aromatic N) is 1. The largest absolute Gasteiger partial charge is 0.357 e. The average Bonchev–Trinajstić information content (AvgIpc) is 2.58. The lowest BCUT2D eigenvalue weighted by atomic mass is 10.1. The monoisotopic (exact) mass is 524 g/mol. The van der Waals surface area contributed by atoms with Gasteiger partial charge in [-0.05, 0) is 46.2 Å². The Morgan fingerprint density at radius 3 is 2.25 bits per heavy atom. The molecule has 28 heavy (non-hydrogen) atoms. The van der Waals surface area contributed by atoms with Gasteiger partial charge in [0, 0.05) is 18.1 Å². The van der Waals surface area contributed by atoms with Crippen molar-refractivity contribution in [1.29, 1.82) is 0 Å². The number of rotatable bonds is 8. The van der Waals surface area contributed by atoms with Crippen LogP contribution in [-0.2, 0) is 14.6 Å². The summed E-state index contributed by atoms with van der Waals surface area (Å²) >= 11 is 0. The fourth-order valence-corrected chi connectivity index (χ4v) is 3.99. The Bertz CT molecular complexity index is 731. The first-order chi connectivity index (χ1) is 12.6. The molecule has 0 bridgehead atoms. The van der Waals surface area contributed by atoms with E-state index >= 15 is 0 Å². The predicted octanol–water partition coefficient (Wildman–Crippen LogP) is 2.33. The zero-order valence-corrected chi connectivity index (χ0v) is 20.4. The quantitative estimate of drug-likeness (QED) is 0.276. The molecule has 0 aliphatic heterocycles. The van der Waals surface area contributed by atoms with Crippen molar-refractivity contribution in [2.75, 3.05) is 18.8 Å². The first-order valence-electron chi connectivity index (χ1n) is 9.21. The van der Waals surface area contributed by atoms with E-state index in [1.165, 1.54) is 0 Å². The van der Waals surface area contributed by atoms with Crippen molar-refractivity contribution in [3.63, 3.8) is 0 Å². The van der Waals surface area contributed by atoms with Crippen LogP contribution in [0.4, 0.5) is 0 Å². The fourth-order valence-electron chi connectivity index (χ4n) is 2.37. The van der Waals surface area contributed by atoms with E-state index in [2.05, 4.69) is 20.9 Å². The van der Waals surface area contributed by atoms with E-state index in [9.17, 15) is 13.2 Å². The number of sulfone groups is 1. The Morgan fingerprint density at radius 1 is 1.14 bits per heavy atom. The van der Waals surface area contributed by atoms with Gasteiger partial charge in [0.25, 0.3) is 0 Å². The van der Waals surface area contributed by atoms with E-state index < -0.39 is 9.84 Å². The number of hydrogen-bond acceptors (Lipinski definition) is 4. The van der Waals surface area contributed by atoms with Gasteiger partial charge in [-0.25, -0.2) is 13.4 Å². The number of hydrogen-bond donors (Lipinski definition) is 3. The molecular formula is C19H33IN4O3S. The van der Waals surface area contributed by atoms with E-state index in [4.69, 9.17) is 0 Å². The van der Waals surface area contributed by atoms with Crippen molar-refractivity contribution >= 4 is 45.7 Å². The highest BCUT2D eigenvalue weighted by Crippen LogP contribution is 2.12. The van der Waals surface area contributed by atoms with Crippen LogP contribution < -0.4 is 16.0 Å². The Hall–Kier alpha value is -1.36. The summed E-state index contributed by atoms with van der Waals surface area (Å²) < 4.78 is 25.2. The predicted molar refractivity (Wildman–Crippen MR) is 125 cm³/mol. The topological polar surface area (TPSA) is 99.7 Å². The average molecular weight is 524 g/mol. The SMILES string of the molecule is CCNC(=NCC(=O)NC(C)(C)C)NC(CC)CS(=O)(=O)c1ccccc1.I. The zero-order valence-electron chi connectivity index (χ0n) is 17.3. The van der Waals surface area contributed by atoms with Gasteiger partial charge in [-0.1, -0.05) is 25.1 Å². The minimum Gasteiger partial charge on any atom is -0.357 e. The van der Waals surface area contributed by atoms with Crippen molar-refractivity contribution in [3.05, 3.63) is 30.3 Å². The molecule has 0 radical (unpaired) electrons. The van der Waals surface area contributed by atoms with Gasteiger partial charge in [-0.15, -0.1) is 24.0 Å². The maximum Gasteiger partial charge on any atom is 0.242 e. The van der Waals surface area contributed by atoms with E-state index in [-0.39, 0.29) is 53.8 Å². The van der Waals surface area contributed by atoms with Crippen LogP contribution in [0.1, 0.15) is 41.0 Å². The Labute approximate surface area is 186 Å². The highest BCUT2D eigenvalue weighted by Gasteiger charge is 2.21. The van der Waals surface area contributed by atoms with E-state index in [0.29, 0.717) is 23.8 Å². The molecule has 3 N–H and O–H groups in total. The molecule has 1 atom stereocenters. The number of amides is 1. The van der Waals surface area contributed by atoms with Gasteiger partial charge in [-0.3, -0.25) is 4.79 Å². The summed E-state index contributed by atoms with van der Waals surface area (Å²) in [5.74, 6) is 0.188. The standard InChI is InChI=1S/C19H32N4O3S.HI/c1-6-15(14-27(25,26)16-11-9-8-10-12-16)22-18(20-7-2)21-13-17(24)23-19(3,4)5;/h8-12,15H,6-7,13-14H2,1-5H3,(H,23,24)(H2,20,21,22);1H. The fraction of sp³-hybridized carbons (Fsp3) is 0.579. The second-order valence-electron chi connectivity index (χ2n) is 7.34.